The third-order valence-electron chi connectivity index (χ3n) is 0.705. The zero-order valence-electron chi connectivity index (χ0n) is 6.73. The summed E-state index contributed by atoms with van der Waals surface area (Å²) in [6.07, 6.45) is 2.03. The Balaban J connectivity index is 0. The van der Waals surface area contributed by atoms with Gasteiger partial charge in [0.1, 0.15) is 0 Å². The van der Waals surface area contributed by atoms with Crippen LogP contribution in [0.15, 0.2) is 11.8 Å². The van der Waals surface area contributed by atoms with Crippen molar-refractivity contribution in [1.82, 2.24) is 5.32 Å². The van der Waals surface area contributed by atoms with Crippen molar-refractivity contribution in [1.29, 1.82) is 0 Å². The molecule has 51 valence electrons. The van der Waals surface area contributed by atoms with Crippen LogP contribution in [0.5, 0.6) is 0 Å². The highest BCUT2D eigenvalue weighted by atomic mass is 14.9. The second kappa shape index (κ2) is 5.74. The fourth-order valence-electron chi connectivity index (χ4n) is 0.333. The lowest BCUT2D eigenvalue weighted by molar-refractivity contribution is 0.698. The van der Waals surface area contributed by atoms with E-state index in [1.807, 2.05) is 6.20 Å². The molecule has 1 N–H and O–H groups in total. The van der Waals surface area contributed by atoms with E-state index in [1.165, 1.54) is 5.57 Å². The van der Waals surface area contributed by atoms with Gasteiger partial charge in [0.15, 0.2) is 0 Å². The summed E-state index contributed by atoms with van der Waals surface area (Å²) < 4.78 is 0. The molecule has 0 spiro atoms. The molecule has 0 aliphatic rings. The van der Waals surface area contributed by atoms with Gasteiger partial charge in [-0.3, -0.25) is 0 Å². The topological polar surface area (TPSA) is 12.0 Å². The fourth-order valence-corrected chi connectivity index (χ4v) is 0.333. The Morgan fingerprint density at radius 2 is 1.78 bits per heavy atom. The van der Waals surface area contributed by atoms with E-state index in [9.17, 15) is 0 Å². The molecule has 0 aliphatic carbocycles. The average Bonchev–Trinajstić information content (AvgIpc) is 1.61. The summed E-state index contributed by atoms with van der Waals surface area (Å²) in [6.45, 7) is 8.41. The average molecular weight is 124 g/mol. The van der Waals surface area contributed by atoms with Crippen molar-refractivity contribution in [3.63, 3.8) is 0 Å². The first-order valence-electron chi connectivity index (χ1n) is 3.02. The molecule has 0 bridgehead atoms. The molecule has 0 aliphatic heterocycles. The Labute approximate surface area is 60.1 Å². The molecule has 0 atom stereocenters. The van der Waals surface area contributed by atoms with Gasteiger partial charge in [-0.05, 0) is 33.9 Å². The van der Waals surface area contributed by atoms with Crippen LogP contribution in [0.1, 0.15) is 27.7 Å². The predicted octanol–water partition coefficient (Wildman–Crippen LogP) is 1.53. The Hall–Kier alpha value is -0.395. The third kappa shape index (κ3) is 11.3. The zero-order valence-corrected chi connectivity index (χ0v) is 6.73. The Kier molecular flexibility index (Phi) is 7.27. The van der Waals surface area contributed by atoms with Gasteiger partial charge in [-0.2, -0.15) is 0 Å². The molecule has 0 aromatic heterocycles. The molecule has 2 heteroatoms. The first-order chi connectivity index (χ1) is 3.63. The summed E-state index contributed by atoms with van der Waals surface area (Å²) in [6, 6.07) is 0.560. The number of rotatable bonds is 2. The van der Waals surface area contributed by atoms with Crippen molar-refractivity contribution in [3.8, 4) is 0 Å². The smallest absolute Gasteiger partial charge is 0.0199 e. The van der Waals surface area contributed by atoms with Crippen LogP contribution >= 0.6 is 0 Å². The number of hydrogen-bond acceptors (Lipinski definition) is 1. The number of allylic oxidation sites excluding steroid dienone is 1. The van der Waals surface area contributed by atoms with Crippen LogP contribution in [0.2, 0.25) is 0 Å². The molecule has 0 aromatic carbocycles. The van der Waals surface area contributed by atoms with Gasteiger partial charge in [0, 0.05) is 14.5 Å². The Morgan fingerprint density at radius 1 is 1.33 bits per heavy atom. The van der Waals surface area contributed by atoms with Crippen molar-refractivity contribution in [2.45, 2.75) is 33.7 Å². The van der Waals surface area contributed by atoms with Gasteiger partial charge in [-0.1, -0.05) is 5.57 Å². The number of nitrogens with one attached hydrogen (secondary N) is 1. The minimum atomic E-state index is 0. The van der Waals surface area contributed by atoms with E-state index < -0.39 is 0 Å². The summed E-state index contributed by atoms with van der Waals surface area (Å²) in [5.74, 6) is 0. The molecule has 0 amide bonds. The molecule has 0 unspecified atom stereocenters. The molecule has 1 nitrogen and oxygen atoms in total. The maximum atomic E-state index is 3.18. The molecule has 0 fully saturated rings. The molecular formula is C7H15BN. The highest BCUT2D eigenvalue weighted by Crippen LogP contribution is 1.85. The minimum absolute atomic E-state index is 0. The first-order valence-corrected chi connectivity index (χ1v) is 3.02. The fraction of sp³-hybridized carbons (Fsp3) is 0.714. The lowest BCUT2D eigenvalue weighted by Crippen LogP contribution is -2.15. The van der Waals surface area contributed by atoms with Gasteiger partial charge in [0.25, 0.3) is 0 Å². The van der Waals surface area contributed by atoms with E-state index in [0.29, 0.717) is 6.04 Å². The van der Waals surface area contributed by atoms with Gasteiger partial charge in [-0.15, -0.1) is 0 Å². The van der Waals surface area contributed by atoms with Crippen molar-refractivity contribution in [3.05, 3.63) is 11.8 Å². The van der Waals surface area contributed by atoms with Crippen molar-refractivity contribution in [2.24, 2.45) is 0 Å². The molecule has 0 saturated carbocycles. The van der Waals surface area contributed by atoms with Crippen LogP contribution in [0.3, 0.4) is 0 Å². The molecule has 3 radical (unpaired) electrons. The maximum absolute atomic E-state index is 3.18. The number of hydrogen-bond donors (Lipinski definition) is 1. The van der Waals surface area contributed by atoms with Gasteiger partial charge in [0.05, 0.1) is 0 Å². The summed E-state index contributed by atoms with van der Waals surface area (Å²) in [5, 5.41) is 3.18. The molecule has 9 heavy (non-hydrogen) atoms. The van der Waals surface area contributed by atoms with Crippen molar-refractivity contribution in [2.75, 3.05) is 0 Å². The lowest BCUT2D eigenvalue weighted by atomic mass is 10.3. The maximum Gasteiger partial charge on any atom is 0.0199 e. The Bertz CT molecular complexity index is 82.9. The van der Waals surface area contributed by atoms with Crippen LogP contribution in [-0.4, -0.2) is 14.5 Å². The van der Waals surface area contributed by atoms with E-state index >= 15 is 0 Å². The molecule has 0 heterocycles. The van der Waals surface area contributed by atoms with Crippen LogP contribution in [0.25, 0.3) is 0 Å². The van der Waals surface area contributed by atoms with Crippen LogP contribution < -0.4 is 5.32 Å². The third-order valence-corrected chi connectivity index (χ3v) is 0.705. The lowest BCUT2D eigenvalue weighted by Gasteiger charge is -2.02. The summed E-state index contributed by atoms with van der Waals surface area (Å²) in [4.78, 5) is 0. The first kappa shape index (κ1) is 11.4. The molecule has 0 aromatic rings. The molecule has 0 saturated heterocycles. The van der Waals surface area contributed by atoms with Crippen molar-refractivity contribution >= 4 is 8.41 Å². The summed E-state index contributed by atoms with van der Waals surface area (Å²) in [5.41, 5.74) is 1.32. The second-order valence-corrected chi connectivity index (χ2v) is 2.54. The summed E-state index contributed by atoms with van der Waals surface area (Å²) >= 11 is 0. The quantitative estimate of drug-likeness (QED) is 0.550. The van der Waals surface area contributed by atoms with E-state index in [0.717, 1.165) is 0 Å². The van der Waals surface area contributed by atoms with Crippen molar-refractivity contribution < 1.29 is 0 Å². The van der Waals surface area contributed by atoms with Gasteiger partial charge in [0.2, 0.25) is 0 Å². The second-order valence-electron chi connectivity index (χ2n) is 2.54. The highest BCUT2D eigenvalue weighted by molar-refractivity contribution is 5.75. The van der Waals surface area contributed by atoms with Crippen LogP contribution in [-0.2, 0) is 0 Å². The van der Waals surface area contributed by atoms with Gasteiger partial charge >= 0.3 is 0 Å². The molecule has 0 rings (SSSR count). The standard InChI is InChI=1S/C7H15N.B/c1-6(2)5-8-7(3)4;/h5,7-8H,1-4H3;. The normalized spacial score (nSPS) is 8.11. The van der Waals surface area contributed by atoms with Gasteiger partial charge in [-0.25, -0.2) is 0 Å². The largest absolute Gasteiger partial charge is 0.389 e. The monoisotopic (exact) mass is 124 g/mol. The van der Waals surface area contributed by atoms with Crippen LogP contribution in [0, 0.1) is 0 Å². The van der Waals surface area contributed by atoms with Gasteiger partial charge < -0.3 is 5.32 Å². The molecular weight excluding hydrogens is 109 g/mol. The SMILES string of the molecule is CC(C)=CNC(C)C.[B]. The summed E-state index contributed by atoms with van der Waals surface area (Å²) in [7, 11) is 0. The van der Waals surface area contributed by atoms with E-state index in [1.54, 1.807) is 0 Å². The van der Waals surface area contributed by atoms with E-state index in [4.69, 9.17) is 0 Å². The minimum Gasteiger partial charge on any atom is -0.389 e. The van der Waals surface area contributed by atoms with E-state index in [2.05, 4.69) is 33.0 Å². The highest BCUT2D eigenvalue weighted by Gasteiger charge is 1.82. The Morgan fingerprint density at radius 3 is 1.89 bits per heavy atom. The van der Waals surface area contributed by atoms with Crippen LogP contribution in [0.4, 0.5) is 0 Å². The predicted molar refractivity (Wildman–Crippen MR) is 43.5 cm³/mol. The van der Waals surface area contributed by atoms with E-state index in [-0.39, 0.29) is 8.41 Å². The zero-order chi connectivity index (χ0) is 6.57.